The minimum Gasteiger partial charge on any atom is -0.381 e. The van der Waals surface area contributed by atoms with Gasteiger partial charge in [-0.2, -0.15) is 5.10 Å². The van der Waals surface area contributed by atoms with Crippen LogP contribution in [0.15, 0.2) is 54.6 Å². The highest BCUT2D eigenvalue weighted by molar-refractivity contribution is 6.10. The maximum absolute atomic E-state index is 13.7. The first-order valence-electron chi connectivity index (χ1n) is 13.9. The van der Waals surface area contributed by atoms with Crippen molar-refractivity contribution in [3.63, 3.8) is 0 Å². The van der Waals surface area contributed by atoms with Gasteiger partial charge >= 0.3 is 0 Å². The van der Waals surface area contributed by atoms with Crippen molar-refractivity contribution in [3.8, 4) is 0 Å². The van der Waals surface area contributed by atoms with E-state index in [1.807, 2.05) is 24.3 Å². The van der Waals surface area contributed by atoms with E-state index in [0.717, 1.165) is 67.0 Å². The van der Waals surface area contributed by atoms with Crippen LogP contribution in [-0.4, -0.2) is 48.4 Å². The van der Waals surface area contributed by atoms with E-state index in [4.69, 9.17) is 4.74 Å². The molecule has 208 valence electrons. The molecule has 40 heavy (non-hydrogen) atoms. The van der Waals surface area contributed by atoms with E-state index in [-0.39, 0.29) is 11.9 Å². The zero-order valence-corrected chi connectivity index (χ0v) is 22.2. The highest BCUT2D eigenvalue weighted by Crippen LogP contribution is 2.31. The van der Waals surface area contributed by atoms with Crippen LogP contribution in [0.2, 0.25) is 0 Å². The van der Waals surface area contributed by atoms with Gasteiger partial charge in [0.2, 0.25) is 0 Å². The molecule has 4 aromatic rings. The Morgan fingerprint density at radius 3 is 2.48 bits per heavy atom. The third-order valence-corrected chi connectivity index (χ3v) is 7.87. The number of ether oxygens (including phenoxy) is 1. The van der Waals surface area contributed by atoms with Crippen molar-refractivity contribution in [3.05, 3.63) is 88.5 Å². The molecule has 0 radical (unpaired) electrons. The molecule has 3 heterocycles. The second kappa shape index (κ2) is 11.7. The zero-order valence-electron chi connectivity index (χ0n) is 22.2. The zero-order chi connectivity index (χ0) is 27.5. The molecule has 6 rings (SSSR count). The molecule has 2 saturated heterocycles. The summed E-state index contributed by atoms with van der Waals surface area (Å²) < 4.78 is 32.9. The number of rotatable bonds is 7. The number of piperidine rings is 1. The van der Waals surface area contributed by atoms with Crippen molar-refractivity contribution in [1.82, 2.24) is 15.5 Å². The highest BCUT2D eigenvalue weighted by atomic mass is 19.1. The lowest BCUT2D eigenvalue weighted by Gasteiger charge is -2.27. The molecule has 2 aliphatic heterocycles. The molecule has 7 nitrogen and oxygen atoms in total. The van der Waals surface area contributed by atoms with E-state index < -0.39 is 11.6 Å². The summed E-state index contributed by atoms with van der Waals surface area (Å²) in [6.45, 7) is 3.41. The summed E-state index contributed by atoms with van der Waals surface area (Å²) >= 11 is 0. The SMILES string of the molecule is O=C(Nc1n[nH]c2ccc(Cc3cc(F)cc(F)c3)cc12)c1ccc(C2CCNCC2)cc1NC1CCOCC1. The number of carbonyl (C=O) groups is 1. The summed E-state index contributed by atoms with van der Waals surface area (Å²) in [5.74, 6) is -0.592. The number of halogens is 2. The number of nitrogens with zero attached hydrogens (tertiary/aromatic N) is 1. The van der Waals surface area contributed by atoms with Gasteiger partial charge in [-0.25, -0.2) is 8.78 Å². The molecule has 3 aromatic carbocycles. The second-order valence-electron chi connectivity index (χ2n) is 10.7. The number of fused-ring (bicyclic) bond motifs is 1. The van der Waals surface area contributed by atoms with E-state index >= 15 is 0 Å². The summed E-state index contributed by atoms with van der Waals surface area (Å²) in [6, 6.07) is 15.5. The molecule has 2 aliphatic rings. The Labute approximate surface area is 231 Å². The number of aromatic nitrogens is 2. The second-order valence-corrected chi connectivity index (χ2v) is 10.7. The number of nitrogens with one attached hydrogen (secondary N) is 4. The van der Waals surface area contributed by atoms with Gasteiger partial charge in [-0.1, -0.05) is 12.1 Å². The number of carbonyl (C=O) groups excluding carboxylic acids is 1. The van der Waals surface area contributed by atoms with Gasteiger partial charge in [0.05, 0.1) is 11.1 Å². The van der Waals surface area contributed by atoms with Crippen LogP contribution in [0.4, 0.5) is 20.3 Å². The maximum Gasteiger partial charge on any atom is 0.258 e. The van der Waals surface area contributed by atoms with E-state index in [1.165, 1.54) is 17.7 Å². The predicted octanol–water partition coefficient (Wildman–Crippen LogP) is 5.74. The summed E-state index contributed by atoms with van der Waals surface area (Å²) in [4.78, 5) is 13.6. The van der Waals surface area contributed by atoms with Gasteiger partial charge in [0.1, 0.15) is 11.6 Å². The van der Waals surface area contributed by atoms with Gasteiger partial charge in [-0.15, -0.1) is 0 Å². The number of hydrogen-bond donors (Lipinski definition) is 4. The summed E-state index contributed by atoms with van der Waals surface area (Å²) in [6.07, 6.45) is 4.28. The van der Waals surface area contributed by atoms with Crippen LogP contribution >= 0.6 is 0 Å². The van der Waals surface area contributed by atoms with E-state index in [9.17, 15) is 13.6 Å². The fraction of sp³-hybridized carbons (Fsp3) is 0.355. The van der Waals surface area contributed by atoms with Gasteiger partial charge in [-0.05, 0) is 104 Å². The lowest BCUT2D eigenvalue weighted by molar-refractivity contribution is 0.0904. The van der Waals surface area contributed by atoms with E-state index in [1.54, 1.807) is 0 Å². The minimum absolute atomic E-state index is 0.241. The quantitative estimate of drug-likeness (QED) is 0.238. The largest absolute Gasteiger partial charge is 0.381 e. The van der Waals surface area contributed by atoms with Crippen molar-refractivity contribution in [1.29, 1.82) is 0 Å². The average Bonchev–Trinajstić information content (AvgIpc) is 3.35. The van der Waals surface area contributed by atoms with Crippen LogP contribution < -0.4 is 16.0 Å². The Balaban J connectivity index is 1.26. The summed E-state index contributed by atoms with van der Waals surface area (Å²) in [5.41, 5.74) is 4.77. The van der Waals surface area contributed by atoms with E-state index in [0.29, 0.717) is 42.5 Å². The third-order valence-electron chi connectivity index (χ3n) is 7.87. The van der Waals surface area contributed by atoms with Crippen LogP contribution in [0.1, 0.15) is 58.6 Å². The van der Waals surface area contributed by atoms with Gasteiger partial charge in [0.25, 0.3) is 5.91 Å². The third kappa shape index (κ3) is 6.00. The number of hydrogen-bond acceptors (Lipinski definition) is 5. The van der Waals surface area contributed by atoms with E-state index in [2.05, 4.69) is 38.3 Å². The Bertz CT molecular complexity index is 1490. The fourth-order valence-electron chi connectivity index (χ4n) is 5.74. The van der Waals surface area contributed by atoms with Crippen LogP contribution in [0, 0.1) is 11.6 Å². The smallest absolute Gasteiger partial charge is 0.258 e. The highest BCUT2D eigenvalue weighted by Gasteiger charge is 2.22. The van der Waals surface area contributed by atoms with Crippen LogP contribution in [0.3, 0.4) is 0 Å². The normalized spacial score (nSPS) is 16.8. The summed E-state index contributed by atoms with van der Waals surface area (Å²) in [7, 11) is 0. The topological polar surface area (TPSA) is 91.1 Å². The first-order valence-corrected chi connectivity index (χ1v) is 13.9. The van der Waals surface area contributed by atoms with Crippen molar-refractivity contribution >= 4 is 28.3 Å². The van der Waals surface area contributed by atoms with Crippen molar-refractivity contribution in [2.45, 2.75) is 44.1 Å². The predicted molar refractivity (Wildman–Crippen MR) is 152 cm³/mol. The molecule has 0 bridgehead atoms. The average molecular weight is 546 g/mol. The van der Waals surface area contributed by atoms with Crippen LogP contribution in [0.5, 0.6) is 0 Å². The molecule has 0 unspecified atom stereocenters. The molecule has 9 heteroatoms. The number of H-pyrrole nitrogens is 1. The first-order chi connectivity index (χ1) is 19.5. The Hall–Kier alpha value is -3.82. The molecule has 1 amide bonds. The molecule has 0 spiro atoms. The van der Waals surface area contributed by atoms with Crippen LogP contribution in [0.25, 0.3) is 10.9 Å². The van der Waals surface area contributed by atoms with Gasteiger partial charge in [0.15, 0.2) is 5.82 Å². The number of aromatic amines is 1. The Morgan fingerprint density at radius 2 is 1.70 bits per heavy atom. The molecule has 0 aliphatic carbocycles. The molecule has 4 N–H and O–H groups in total. The number of anilines is 2. The summed E-state index contributed by atoms with van der Waals surface area (Å²) in [5, 5.41) is 18.1. The van der Waals surface area contributed by atoms with Gasteiger partial charge in [-0.3, -0.25) is 9.89 Å². The number of benzene rings is 3. The standard InChI is InChI=1S/C31H33F2N5O2/c32-23-14-20(15-24(33)18-23)13-19-1-4-28-27(16-19)30(38-37-28)36-31(39)26-3-2-22(21-5-9-34-10-6-21)17-29(26)35-25-7-11-40-12-8-25/h1-4,14-18,21,25,34-35H,5-13H2,(H2,36,37,38,39). The van der Waals surface area contributed by atoms with Crippen LogP contribution in [-0.2, 0) is 11.2 Å². The van der Waals surface area contributed by atoms with Gasteiger partial charge in [0, 0.05) is 36.4 Å². The molecule has 2 fully saturated rings. The van der Waals surface area contributed by atoms with Crippen molar-refractivity contribution in [2.24, 2.45) is 0 Å². The molecular formula is C31H33F2N5O2. The van der Waals surface area contributed by atoms with Crippen molar-refractivity contribution in [2.75, 3.05) is 36.9 Å². The molecule has 0 saturated carbocycles. The Morgan fingerprint density at radius 1 is 0.925 bits per heavy atom. The number of amides is 1. The van der Waals surface area contributed by atoms with Gasteiger partial charge < -0.3 is 20.7 Å². The Kier molecular flexibility index (Phi) is 7.75. The first kappa shape index (κ1) is 26.4. The molecule has 1 aromatic heterocycles. The molecule has 0 atom stereocenters. The lowest BCUT2D eigenvalue weighted by Crippen LogP contribution is -2.29. The fourth-order valence-corrected chi connectivity index (χ4v) is 5.74. The maximum atomic E-state index is 13.7. The lowest BCUT2D eigenvalue weighted by atomic mass is 9.89. The monoisotopic (exact) mass is 545 g/mol. The minimum atomic E-state index is -0.608. The van der Waals surface area contributed by atoms with Crippen molar-refractivity contribution < 1.29 is 18.3 Å². The molecular weight excluding hydrogens is 512 g/mol.